The summed E-state index contributed by atoms with van der Waals surface area (Å²) < 4.78 is 5.34. The summed E-state index contributed by atoms with van der Waals surface area (Å²) in [7, 11) is 0. The molecule has 138 valence electrons. The minimum atomic E-state index is -0.582. The van der Waals surface area contributed by atoms with Crippen LogP contribution >= 0.6 is 0 Å². The third-order valence-electron chi connectivity index (χ3n) is 4.39. The van der Waals surface area contributed by atoms with Crippen molar-refractivity contribution in [1.82, 2.24) is 10.6 Å². The summed E-state index contributed by atoms with van der Waals surface area (Å²) in [5.74, 6) is 0.0265. The highest BCUT2D eigenvalue weighted by Gasteiger charge is 2.32. The Morgan fingerprint density at radius 2 is 1.76 bits per heavy atom. The molecule has 1 aromatic rings. The topological polar surface area (TPSA) is 67.4 Å². The first-order chi connectivity index (χ1) is 11.8. The van der Waals surface area contributed by atoms with E-state index in [9.17, 15) is 9.59 Å². The summed E-state index contributed by atoms with van der Waals surface area (Å²) >= 11 is 0. The molecule has 2 rings (SSSR count). The van der Waals surface area contributed by atoms with Gasteiger partial charge in [0.05, 0.1) is 0 Å². The molecule has 2 N–H and O–H groups in total. The molecule has 1 aliphatic carbocycles. The summed E-state index contributed by atoms with van der Waals surface area (Å²) in [5.41, 5.74) is 0.456. The second-order valence-electron chi connectivity index (χ2n) is 7.73. The summed E-state index contributed by atoms with van der Waals surface area (Å²) in [4.78, 5) is 24.9. The Bertz CT molecular complexity index is 560. The van der Waals surface area contributed by atoms with Crippen LogP contribution in [0, 0.1) is 5.92 Å². The lowest BCUT2D eigenvalue weighted by atomic mass is 9.83. The lowest BCUT2D eigenvalue weighted by Crippen LogP contribution is -2.52. The van der Waals surface area contributed by atoms with Crippen LogP contribution in [0.4, 0.5) is 4.79 Å². The predicted octanol–water partition coefficient (Wildman–Crippen LogP) is 3.78. The maximum Gasteiger partial charge on any atom is 0.408 e. The van der Waals surface area contributed by atoms with Crippen LogP contribution in [0.25, 0.3) is 0 Å². The van der Waals surface area contributed by atoms with Gasteiger partial charge in [0.15, 0.2) is 0 Å². The smallest absolute Gasteiger partial charge is 0.408 e. The lowest BCUT2D eigenvalue weighted by molar-refractivity contribution is -0.125. The van der Waals surface area contributed by atoms with E-state index >= 15 is 0 Å². The van der Waals surface area contributed by atoms with Crippen LogP contribution in [0.15, 0.2) is 30.3 Å². The zero-order chi connectivity index (χ0) is 18.3. The fraction of sp³-hybridized carbons (Fsp3) is 0.600. The number of amides is 2. The number of benzene rings is 1. The highest BCUT2D eigenvalue weighted by atomic mass is 16.6. The van der Waals surface area contributed by atoms with E-state index in [1.807, 2.05) is 51.1 Å². The maximum absolute atomic E-state index is 12.7. The molecule has 5 nitrogen and oxygen atoms in total. The highest BCUT2D eigenvalue weighted by Crippen LogP contribution is 2.27. The van der Waals surface area contributed by atoms with Gasteiger partial charge in [-0.1, -0.05) is 49.6 Å². The average Bonchev–Trinajstić information content (AvgIpc) is 2.58. The molecule has 0 heterocycles. The van der Waals surface area contributed by atoms with Crippen molar-refractivity contribution >= 4 is 12.0 Å². The molecule has 1 aromatic carbocycles. The zero-order valence-electron chi connectivity index (χ0n) is 15.5. The van der Waals surface area contributed by atoms with Crippen LogP contribution in [-0.4, -0.2) is 23.6 Å². The molecule has 0 unspecified atom stereocenters. The molecule has 0 spiro atoms. The van der Waals surface area contributed by atoms with Crippen LogP contribution in [0.1, 0.15) is 58.4 Å². The fourth-order valence-corrected chi connectivity index (χ4v) is 3.19. The molecule has 0 saturated heterocycles. The fourth-order valence-electron chi connectivity index (χ4n) is 3.19. The van der Waals surface area contributed by atoms with Crippen molar-refractivity contribution in [1.29, 1.82) is 0 Å². The van der Waals surface area contributed by atoms with Gasteiger partial charge < -0.3 is 15.4 Å². The van der Waals surface area contributed by atoms with Crippen molar-refractivity contribution in [3.63, 3.8) is 0 Å². The van der Waals surface area contributed by atoms with E-state index in [1.54, 1.807) is 0 Å². The average molecular weight is 346 g/mol. The summed E-state index contributed by atoms with van der Waals surface area (Å²) in [6.45, 7) is 5.91. The Morgan fingerprint density at radius 1 is 1.12 bits per heavy atom. The molecule has 0 aliphatic heterocycles. The van der Waals surface area contributed by atoms with Gasteiger partial charge in [-0.3, -0.25) is 4.79 Å². The Morgan fingerprint density at radius 3 is 2.36 bits per heavy atom. The van der Waals surface area contributed by atoms with Gasteiger partial charge in [-0.15, -0.1) is 0 Å². The first kappa shape index (κ1) is 19.3. The van der Waals surface area contributed by atoms with Gasteiger partial charge in [0, 0.05) is 6.54 Å². The van der Waals surface area contributed by atoms with E-state index in [-0.39, 0.29) is 11.8 Å². The predicted molar refractivity (Wildman–Crippen MR) is 98.0 cm³/mol. The number of hydrogen-bond acceptors (Lipinski definition) is 3. The molecule has 25 heavy (non-hydrogen) atoms. The van der Waals surface area contributed by atoms with Crippen molar-refractivity contribution < 1.29 is 14.3 Å². The lowest BCUT2D eigenvalue weighted by Gasteiger charge is -2.31. The molecular weight excluding hydrogens is 316 g/mol. The Balaban J connectivity index is 1.99. The number of alkyl carbamates (subject to hydrolysis) is 1. The van der Waals surface area contributed by atoms with Gasteiger partial charge in [0.25, 0.3) is 0 Å². The second-order valence-corrected chi connectivity index (χ2v) is 7.73. The standard InChI is InChI=1S/C20H30N2O3/c1-20(2,3)25-19(24)22-17(16-12-8-5-9-13-16)18(23)21-14-15-10-6-4-7-11-15/h4,6-7,10-11,16-17H,5,8-9,12-14H2,1-3H3,(H,21,23)(H,22,24)/t17-/m1/s1. The monoisotopic (exact) mass is 346 g/mol. The van der Waals surface area contributed by atoms with E-state index in [4.69, 9.17) is 4.74 Å². The first-order valence-electron chi connectivity index (χ1n) is 9.16. The minimum absolute atomic E-state index is 0.137. The van der Waals surface area contributed by atoms with Crippen molar-refractivity contribution in [3.8, 4) is 0 Å². The molecule has 2 amide bonds. The molecule has 0 radical (unpaired) electrons. The molecule has 1 fully saturated rings. The van der Waals surface area contributed by atoms with E-state index in [2.05, 4.69) is 10.6 Å². The van der Waals surface area contributed by atoms with Crippen molar-refractivity contribution in [2.45, 2.75) is 71.1 Å². The molecule has 1 aliphatic rings. The molecule has 1 saturated carbocycles. The number of carbonyl (C=O) groups excluding carboxylic acids is 2. The van der Waals surface area contributed by atoms with Gasteiger partial charge in [-0.2, -0.15) is 0 Å². The third-order valence-corrected chi connectivity index (χ3v) is 4.39. The van der Waals surface area contributed by atoms with Crippen LogP contribution in [0.2, 0.25) is 0 Å². The molecule has 0 bridgehead atoms. The van der Waals surface area contributed by atoms with E-state index in [0.29, 0.717) is 6.54 Å². The van der Waals surface area contributed by atoms with Gasteiger partial charge in [0.2, 0.25) is 5.91 Å². The molecule has 5 heteroatoms. The summed E-state index contributed by atoms with van der Waals surface area (Å²) in [5, 5.41) is 5.76. The summed E-state index contributed by atoms with van der Waals surface area (Å²) in [6.07, 6.45) is 4.78. The van der Waals surface area contributed by atoms with Crippen molar-refractivity contribution in [2.75, 3.05) is 0 Å². The van der Waals surface area contributed by atoms with Gasteiger partial charge in [0.1, 0.15) is 11.6 Å². The van der Waals surface area contributed by atoms with Crippen molar-refractivity contribution in [2.24, 2.45) is 5.92 Å². The number of hydrogen-bond donors (Lipinski definition) is 2. The van der Waals surface area contributed by atoms with Gasteiger partial charge in [-0.05, 0) is 45.1 Å². The molecule has 0 aromatic heterocycles. The Labute approximate surface area is 150 Å². The minimum Gasteiger partial charge on any atom is -0.444 e. The quantitative estimate of drug-likeness (QED) is 0.853. The molecule has 1 atom stereocenters. The maximum atomic E-state index is 12.7. The van der Waals surface area contributed by atoms with E-state index in [0.717, 1.165) is 31.2 Å². The number of nitrogens with one attached hydrogen (secondary N) is 2. The number of ether oxygens (including phenoxy) is 1. The Kier molecular flexibility index (Phi) is 6.85. The highest BCUT2D eigenvalue weighted by molar-refractivity contribution is 5.86. The summed E-state index contributed by atoms with van der Waals surface area (Å²) in [6, 6.07) is 9.23. The van der Waals surface area contributed by atoms with Gasteiger partial charge >= 0.3 is 6.09 Å². The normalized spacial score (nSPS) is 16.8. The third kappa shape index (κ3) is 6.77. The molecular formula is C20H30N2O3. The largest absolute Gasteiger partial charge is 0.444 e. The van der Waals surface area contributed by atoms with Crippen molar-refractivity contribution in [3.05, 3.63) is 35.9 Å². The number of rotatable bonds is 5. The van der Waals surface area contributed by atoms with Crippen LogP contribution < -0.4 is 10.6 Å². The number of carbonyl (C=O) groups is 2. The second kappa shape index (κ2) is 8.88. The van der Waals surface area contributed by atoms with Crippen LogP contribution in [-0.2, 0) is 16.1 Å². The Hall–Kier alpha value is -2.04. The van der Waals surface area contributed by atoms with E-state index in [1.165, 1.54) is 6.42 Å². The van der Waals surface area contributed by atoms with Crippen LogP contribution in [0.3, 0.4) is 0 Å². The van der Waals surface area contributed by atoms with Gasteiger partial charge in [-0.25, -0.2) is 4.79 Å². The van der Waals surface area contributed by atoms with Crippen LogP contribution in [0.5, 0.6) is 0 Å². The first-order valence-corrected chi connectivity index (χ1v) is 9.16. The SMILES string of the molecule is CC(C)(C)OC(=O)N[C@@H](C(=O)NCc1ccccc1)C1CCCCC1. The zero-order valence-corrected chi connectivity index (χ0v) is 15.5. The van der Waals surface area contributed by atoms with E-state index < -0.39 is 17.7 Å².